The molecule has 2 heterocycles. The van der Waals surface area contributed by atoms with Crippen LogP contribution in [0.2, 0.25) is 0 Å². The number of alkyl halides is 5. The Morgan fingerprint density at radius 3 is 2.46 bits per heavy atom. The summed E-state index contributed by atoms with van der Waals surface area (Å²) in [5.74, 6) is -2.63. The van der Waals surface area contributed by atoms with Crippen molar-refractivity contribution in [3.8, 4) is 22.8 Å². The predicted octanol–water partition coefficient (Wildman–Crippen LogP) is 4.29. The molecule has 0 aliphatic carbocycles. The van der Waals surface area contributed by atoms with E-state index >= 15 is 0 Å². The van der Waals surface area contributed by atoms with E-state index in [9.17, 15) is 31.9 Å². The lowest BCUT2D eigenvalue weighted by Gasteiger charge is -2.12. The van der Waals surface area contributed by atoms with Gasteiger partial charge in [-0.2, -0.15) is 18.3 Å². The maximum atomic E-state index is 13.3. The quantitative estimate of drug-likeness (QED) is 0.639. The molecule has 3 rings (SSSR count). The summed E-state index contributed by atoms with van der Waals surface area (Å²) in [6.07, 6.45) is -7.34. The molecule has 0 amide bonds. The largest absolute Gasteiger partial charge is 0.507 e. The molecule has 0 radical (unpaired) electrons. The Kier molecular flexibility index (Phi) is 4.75. The van der Waals surface area contributed by atoms with E-state index in [1.165, 1.54) is 12.1 Å². The Morgan fingerprint density at radius 1 is 1.14 bits per heavy atom. The van der Waals surface area contributed by atoms with Crippen molar-refractivity contribution in [3.63, 3.8) is 0 Å². The van der Waals surface area contributed by atoms with Gasteiger partial charge in [0.2, 0.25) is 0 Å². The Balaban J connectivity index is 2.17. The van der Waals surface area contributed by atoms with Crippen LogP contribution in [0.5, 0.6) is 5.75 Å². The number of halogens is 5. The number of carbonyl (C=O) groups is 1. The van der Waals surface area contributed by atoms with Gasteiger partial charge in [0.15, 0.2) is 11.5 Å². The number of aromatic nitrogens is 3. The Bertz CT molecular complexity index is 1050. The second-order valence-corrected chi connectivity index (χ2v) is 5.58. The number of carboxylic acid groups (broad SMARTS) is 1. The molecule has 11 heteroatoms. The van der Waals surface area contributed by atoms with E-state index < -0.39 is 47.0 Å². The van der Waals surface area contributed by atoms with Gasteiger partial charge in [-0.1, -0.05) is 6.07 Å². The van der Waals surface area contributed by atoms with Crippen LogP contribution >= 0.6 is 0 Å². The number of benzene rings is 1. The lowest BCUT2D eigenvalue weighted by Crippen LogP contribution is -2.18. The minimum absolute atomic E-state index is 0.0991. The van der Waals surface area contributed by atoms with E-state index in [-0.39, 0.29) is 11.3 Å². The monoisotopic (exact) mass is 399 g/mol. The minimum Gasteiger partial charge on any atom is -0.507 e. The summed E-state index contributed by atoms with van der Waals surface area (Å²) in [5, 5.41) is 22.3. The van der Waals surface area contributed by atoms with E-state index in [1.54, 1.807) is 0 Å². The Morgan fingerprint density at radius 2 is 1.86 bits per heavy atom. The molecule has 0 fully saturated rings. The SMILES string of the molecule is O=C(O)c1cnn(-c2cccc(-c3cc(C(F)F)ccc3O)n2)c1C(F)(F)F. The van der Waals surface area contributed by atoms with Gasteiger partial charge in [-0.15, -0.1) is 0 Å². The van der Waals surface area contributed by atoms with Crippen molar-refractivity contribution in [1.29, 1.82) is 0 Å². The average Bonchev–Trinajstić information content (AvgIpc) is 3.08. The fraction of sp³-hybridized carbons (Fsp3) is 0.118. The van der Waals surface area contributed by atoms with Crippen LogP contribution in [0.1, 0.15) is 28.0 Å². The predicted molar refractivity (Wildman–Crippen MR) is 85.4 cm³/mol. The standard InChI is InChI=1S/C17H10F5N3O3/c18-15(19)8-4-5-12(26)9(6-8)11-2-1-3-13(24-11)25-14(17(20,21)22)10(7-23-25)16(27)28/h1-7,15,26H,(H,27,28). The van der Waals surface area contributed by atoms with Crippen molar-refractivity contribution in [3.05, 3.63) is 59.4 Å². The van der Waals surface area contributed by atoms with Crippen LogP contribution in [0.4, 0.5) is 22.0 Å². The zero-order valence-corrected chi connectivity index (χ0v) is 13.7. The van der Waals surface area contributed by atoms with Gasteiger partial charge in [0, 0.05) is 11.1 Å². The first-order valence-corrected chi connectivity index (χ1v) is 7.57. The van der Waals surface area contributed by atoms with E-state index in [0.717, 1.165) is 24.3 Å². The first kappa shape index (κ1) is 19.3. The third-order valence-corrected chi connectivity index (χ3v) is 3.77. The molecule has 0 saturated heterocycles. The highest BCUT2D eigenvalue weighted by Crippen LogP contribution is 2.35. The molecular formula is C17H10F5N3O3. The number of aromatic carboxylic acids is 1. The summed E-state index contributed by atoms with van der Waals surface area (Å²) in [6.45, 7) is 0. The van der Waals surface area contributed by atoms with Gasteiger partial charge < -0.3 is 10.2 Å². The normalized spacial score (nSPS) is 11.8. The fourth-order valence-electron chi connectivity index (χ4n) is 2.54. The molecule has 1 aromatic carbocycles. The van der Waals surface area contributed by atoms with Crippen LogP contribution in [0.25, 0.3) is 17.1 Å². The maximum Gasteiger partial charge on any atom is 0.434 e. The van der Waals surface area contributed by atoms with Crippen molar-refractivity contribution < 1.29 is 37.0 Å². The third-order valence-electron chi connectivity index (χ3n) is 3.77. The molecule has 28 heavy (non-hydrogen) atoms. The Labute approximate surface area is 153 Å². The molecule has 0 saturated carbocycles. The molecule has 2 aromatic heterocycles. The van der Waals surface area contributed by atoms with Gasteiger partial charge in [-0.3, -0.25) is 0 Å². The molecule has 0 unspecified atom stereocenters. The molecule has 0 aliphatic rings. The van der Waals surface area contributed by atoms with Crippen LogP contribution in [-0.2, 0) is 6.18 Å². The summed E-state index contributed by atoms with van der Waals surface area (Å²) in [6, 6.07) is 6.68. The smallest absolute Gasteiger partial charge is 0.434 e. The highest BCUT2D eigenvalue weighted by molar-refractivity contribution is 5.89. The number of rotatable bonds is 4. The molecule has 0 atom stereocenters. The third kappa shape index (κ3) is 3.50. The average molecular weight is 399 g/mol. The van der Waals surface area contributed by atoms with E-state index in [1.807, 2.05) is 0 Å². The summed E-state index contributed by atoms with van der Waals surface area (Å²) in [4.78, 5) is 15.0. The Hall–Kier alpha value is -3.50. The molecule has 0 aliphatic heterocycles. The molecule has 0 spiro atoms. The van der Waals surface area contributed by atoms with Gasteiger partial charge in [0.25, 0.3) is 6.43 Å². The van der Waals surface area contributed by atoms with Crippen LogP contribution in [0.15, 0.2) is 42.6 Å². The van der Waals surface area contributed by atoms with Crippen molar-refractivity contribution >= 4 is 5.97 Å². The number of phenolic OH excluding ortho intramolecular Hbond substituents is 1. The van der Waals surface area contributed by atoms with Crippen LogP contribution in [-0.4, -0.2) is 30.9 Å². The van der Waals surface area contributed by atoms with Crippen molar-refractivity contribution in [2.75, 3.05) is 0 Å². The molecule has 146 valence electrons. The van der Waals surface area contributed by atoms with Gasteiger partial charge in [-0.05, 0) is 30.3 Å². The lowest BCUT2D eigenvalue weighted by atomic mass is 10.1. The van der Waals surface area contributed by atoms with Crippen LogP contribution in [0.3, 0.4) is 0 Å². The van der Waals surface area contributed by atoms with Gasteiger partial charge in [0.1, 0.15) is 11.3 Å². The first-order chi connectivity index (χ1) is 13.1. The summed E-state index contributed by atoms with van der Waals surface area (Å²) in [7, 11) is 0. The van der Waals surface area contributed by atoms with Gasteiger partial charge in [-0.25, -0.2) is 23.2 Å². The molecule has 2 N–H and O–H groups in total. The molecule has 0 bridgehead atoms. The van der Waals surface area contributed by atoms with Crippen molar-refractivity contribution in [2.45, 2.75) is 12.6 Å². The van der Waals surface area contributed by atoms with Crippen LogP contribution in [0, 0.1) is 0 Å². The number of hydrogen-bond acceptors (Lipinski definition) is 4. The van der Waals surface area contributed by atoms with Gasteiger partial charge in [0.05, 0.1) is 11.9 Å². The lowest BCUT2D eigenvalue weighted by molar-refractivity contribution is -0.143. The number of hydrogen-bond donors (Lipinski definition) is 2. The number of aromatic hydroxyl groups is 1. The number of nitrogens with zero attached hydrogens (tertiary/aromatic N) is 3. The first-order valence-electron chi connectivity index (χ1n) is 7.57. The van der Waals surface area contributed by atoms with E-state index in [4.69, 9.17) is 5.11 Å². The van der Waals surface area contributed by atoms with Gasteiger partial charge >= 0.3 is 12.1 Å². The molecular weight excluding hydrogens is 389 g/mol. The minimum atomic E-state index is -5.04. The van der Waals surface area contributed by atoms with Crippen LogP contribution < -0.4 is 0 Å². The zero-order chi connectivity index (χ0) is 20.6. The fourth-order valence-corrected chi connectivity index (χ4v) is 2.54. The maximum absolute atomic E-state index is 13.3. The summed E-state index contributed by atoms with van der Waals surface area (Å²) >= 11 is 0. The van der Waals surface area contributed by atoms with Crippen molar-refractivity contribution in [2.24, 2.45) is 0 Å². The van der Waals surface area contributed by atoms with E-state index in [0.29, 0.717) is 10.9 Å². The number of phenols is 1. The van der Waals surface area contributed by atoms with E-state index in [2.05, 4.69) is 10.1 Å². The summed E-state index contributed by atoms with van der Waals surface area (Å²) < 4.78 is 66.1. The molecule has 3 aromatic rings. The summed E-state index contributed by atoms with van der Waals surface area (Å²) in [5.41, 5.74) is -3.25. The van der Waals surface area contributed by atoms with Crippen molar-refractivity contribution in [1.82, 2.24) is 14.8 Å². The topological polar surface area (TPSA) is 88.2 Å². The highest BCUT2D eigenvalue weighted by Gasteiger charge is 2.41. The number of carboxylic acids is 1. The molecule has 6 nitrogen and oxygen atoms in total. The second kappa shape index (κ2) is 6.91. The zero-order valence-electron chi connectivity index (χ0n) is 13.7. The number of pyridine rings is 1. The second-order valence-electron chi connectivity index (χ2n) is 5.58. The highest BCUT2D eigenvalue weighted by atomic mass is 19.4.